The van der Waals surface area contributed by atoms with Gasteiger partial charge in [-0.2, -0.15) is 0 Å². The number of piperazine rings is 1. The number of carbonyl (C=O) groups is 1. The maximum Gasteiger partial charge on any atom is 0.228 e. The summed E-state index contributed by atoms with van der Waals surface area (Å²) in [5.74, 6) is 1.47. The Hall–Kier alpha value is -3.52. The molecular formula is C24H25FN6O. The van der Waals surface area contributed by atoms with Gasteiger partial charge in [-0.15, -0.1) is 0 Å². The summed E-state index contributed by atoms with van der Waals surface area (Å²) in [5, 5.41) is 6.17. The number of anilines is 4. The summed E-state index contributed by atoms with van der Waals surface area (Å²) in [6, 6.07) is 14.6. The summed E-state index contributed by atoms with van der Waals surface area (Å²) in [6.07, 6.45) is 2.91. The molecule has 0 radical (unpaired) electrons. The van der Waals surface area contributed by atoms with Crippen molar-refractivity contribution < 1.29 is 9.18 Å². The third kappa shape index (κ3) is 4.70. The molecule has 32 heavy (non-hydrogen) atoms. The molecule has 0 bridgehead atoms. The van der Waals surface area contributed by atoms with E-state index in [0.29, 0.717) is 6.42 Å². The number of aromatic nitrogens is 2. The van der Waals surface area contributed by atoms with E-state index in [0.717, 1.165) is 73.3 Å². The number of halogens is 1. The van der Waals surface area contributed by atoms with Crippen molar-refractivity contribution in [1.29, 1.82) is 0 Å². The molecule has 8 heteroatoms. The summed E-state index contributed by atoms with van der Waals surface area (Å²) in [4.78, 5) is 25.1. The molecule has 0 atom stereocenters. The topological polar surface area (TPSA) is 73.4 Å². The van der Waals surface area contributed by atoms with Crippen LogP contribution >= 0.6 is 0 Å². The molecule has 164 valence electrons. The van der Waals surface area contributed by atoms with Crippen LogP contribution in [0.2, 0.25) is 0 Å². The molecule has 0 unspecified atom stereocenters. The van der Waals surface area contributed by atoms with Crippen molar-refractivity contribution >= 4 is 28.9 Å². The van der Waals surface area contributed by atoms with E-state index in [9.17, 15) is 9.18 Å². The molecule has 2 aliphatic heterocycles. The molecule has 1 saturated heterocycles. The summed E-state index contributed by atoms with van der Waals surface area (Å²) in [5.41, 5.74) is 3.93. The van der Waals surface area contributed by atoms with Crippen molar-refractivity contribution in [3.8, 4) is 0 Å². The highest BCUT2D eigenvalue weighted by atomic mass is 19.1. The van der Waals surface area contributed by atoms with Crippen molar-refractivity contribution in [2.45, 2.75) is 12.8 Å². The van der Waals surface area contributed by atoms with Gasteiger partial charge in [-0.05, 0) is 47.9 Å². The van der Waals surface area contributed by atoms with Crippen molar-refractivity contribution in [3.05, 3.63) is 71.8 Å². The molecule has 0 spiro atoms. The molecular weight excluding hydrogens is 407 g/mol. The lowest BCUT2D eigenvalue weighted by molar-refractivity contribution is -0.115. The number of fused-ring (bicyclic) bond motifs is 1. The van der Waals surface area contributed by atoms with E-state index < -0.39 is 0 Å². The van der Waals surface area contributed by atoms with Crippen LogP contribution in [0.4, 0.5) is 27.4 Å². The average Bonchev–Trinajstić information content (AvgIpc) is 3.18. The van der Waals surface area contributed by atoms with Crippen LogP contribution in [0.5, 0.6) is 0 Å². The van der Waals surface area contributed by atoms with Crippen LogP contribution in [-0.4, -0.2) is 53.5 Å². The molecule has 1 fully saturated rings. The quantitative estimate of drug-likeness (QED) is 0.623. The summed E-state index contributed by atoms with van der Waals surface area (Å²) < 4.78 is 13.1. The minimum absolute atomic E-state index is 0.0262. The normalized spacial score (nSPS) is 16.0. The lowest BCUT2D eigenvalue weighted by Gasteiger charge is -2.35. The Morgan fingerprint density at radius 2 is 1.81 bits per heavy atom. The number of carbonyl (C=O) groups excluding carboxylic acids is 1. The first-order chi connectivity index (χ1) is 15.6. The third-order valence-corrected chi connectivity index (χ3v) is 5.98. The van der Waals surface area contributed by atoms with Gasteiger partial charge in [-0.3, -0.25) is 9.69 Å². The fraction of sp³-hybridized carbons (Fsp3) is 0.292. The van der Waals surface area contributed by atoms with Gasteiger partial charge >= 0.3 is 0 Å². The molecule has 1 amide bonds. The summed E-state index contributed by atoms with van der Waals surface area (Å²) in [7, 11) is 0. The van der Waals surface area contributed by atoms with Gasteiger partial charge in [-0.1, -0.05) is 12.1 Å². The van der Waals surface area contributed by atoms with E-state index in [1.54, 1.807) is 6.33 Å². The van der Waals surface area contributed by atoms with Gasteiger partial charge in [0.1, 0.15) is 23.8 Å². The highest BCUT2D eigenvalue weighted by molar-refractivity contribution is 5.99. The average molecular weight is 433 g/mol. The van der Waals surface area contributed by atoms with Crippen molar-refractivity contribution in [1.82, 2.24) is 14.9 Å². The number of nitrogens with one attached hydrogen (secondary N) is 2. The molecule has 3 heterocycles. The highest BCUT2D eigenvalue weighted by Crippen LogP contribution is 2.28. The Balaban J connectivity index is 1.16. The monoisotopic (exact) mass is 432 g/mol. The molecule has 1 aromatic heterocycles. The van der Waals surface area contributed by atoms with Gasteiger partial charge in [0.15, 0.2) is 0 Å². The Morgan fingerprint density at radius 3 is 2.62 bits per heavy atom. The number of benzene rings is 2. The molecule has 0 aliphatic carbocycles. The Labute approximate surface area is 186 Å². The Bertz CT molecular complexity index is 1110. The molecule has 5 rings (SSSR count). The summed E-state index contributed by atoms with van der Waals surface area (Å²) in [6.45, 7) is 4.67. The largest absolute Gasteiger partial charge is 0.354 e. The molecule has 2 N–H and O–H groups in total. The van der Waals surface area contributed by atoms with Crippen LogP contribution in [0.1, 0.15) is 11.1 Å². The smallest absolute Gasteiger partial charge is 0.228 e. The zero-order valence-corrected chi connectivity index (χ0v) is 17.7. The van der Waals surface area contributed by atoms with E-state index in [4.69, 9.17) is 0 Å². The molecule has 2 aliphatic rings. The first-order valence-corrected chi connectivity index (χ1v) is 10.9. The van der Waals surface area contributed by atoms with Crippen LogP contribution in [0.3, 0.4) is 0 Å². The van der Waals surface area contributed by atoms with E-state index in [1.807, 2.05) is 36.4 Å². The van der Waals surface area contributed by atoms with E-state index >= 15 is 0 Å². The van der Waals surface area contributed by atoms with Crippen LogP contribution < -0.4 is 15.5 Å². The Morgan fingerprint density at radius 1 is 1.00 bits per heavy atom. The first kappa shape index (κ1) is 20.4. The van der Waals surface area contributed by atoms with Gasteiger partial charge in [0.2, 0.25) is 5.91 Å². The Kier molecular flexibility index (Phi) is 5.68. The number of rotatable bonds is 6. The zero-order valence-electron chi connectivity index (χ0n) is 17.7. The standard InChI is InChI=1S/C24H25FN6O/c25-19-3-1-17(2-4-19)7-8-30-9-11-31(12-10-30)23-15-22(26-16-27-23)28-20-5-6-21-18(13-20)14-24(32)29-21/h1-6,13,15-16H,7-12,14H2,(H,29,32)(H,26,27,28). The molecule has 3 aromatic rings. The number of amides is 1. The first-order valence-electron chi connectivity index (χ1n) is 10.9. The minimum atomic E-state index is -0.190. The van der Waals surface area contributed by atoms with Gasteiger partial charge in [0.05, 0.1) is 6.42 Å². The van der Waals surface area contributed by atoms with Crippen LogP contribution in [0.25, 0.3) is 0 Å². The second-order valence-corrected chi connectivity index (χ2v) is 8.19. The number of nitrogens with zero attached hydrogens (tertiary/aromatic N) is 4. The van der Waals surface area contributed by atoms with Crippen molar-refractivity contribution in [3.63, 3.8) is 0 Å². The van der Waals surface area contributed by atoms with Gasteiger partial charge < -0.3 is 15.5 Å². The second-order valence-electron chi connectivity index (χ2n) is 8.19. The SMILES string of the molecule is O=C1Cc2cc(Nc3cc(N4CCN(CCc5ccc(F)cc5)CC4)ncn3)ccc2N1. The van der Waals surface area contributed by atoms with Gasteiger partial charge in [-0.25, -0.2) is 14.4 Å². The lowest BCUT2D eigenvalue weighted by atomic mass is 10.1. The zero-order chi connectivity index (χ0) is 21.9. The minimum Gasteiger partial charge on any atom is -0.354 e. The van der Waals surface area contributed by atoms with Gasteiger partial charge in [0, 0.05) is 50.2 Å². The van der Waals surface area contributed by atoms with Crippen LogP contribution in [0, 0.1) is 5.82 Å². The maximum absolute atomic E-state index is 13.1. The van der Waals surface area contributed by atoms with E-state index in [-0.39, 0.29) is 11.7 Å². The van der Waals surface area contributed by atoms with Crippen LogP contribution in [0.15, 0.2) is 54.9 Å². The fourth-order valence-corrected chi connectivity index (χ4v) is 4.18. The van der Waals surface area contributed by atoms with Gasteiger partial charge in [0.25, 0.3) is 0 Å². The van der Waals surface area contributed by atoms with Crippen molar-refractivity contribution in [2.24, 2.45) is 0 Å². The van der Waals surface area contributed by atoms with Crippen molar-refractivity contribution in [2.75, 3.05) is 48.3 Å². The molecule has 2 aromatic carbocycles. The predicted octanol–water partition coefficient (Wildman–Crippen LogP) is 3.22. The fourth-order valence-electron chi connectivity index (χ4n) is 4.18. The van der Waals surface area contributed by atoms with E-state index in [1.165, 1.54) is 12.1 Å². The molecule has 7 nitrogen and oxygen atoms in total. The highest BCUT2D eigenvalue weighted by Gasteiger charge is 2.19. The van der Waals surface area contributed by atoms with E-state index in [2.05, 4.69) is 30.4 Å². The molecule has 0 saturated carbocycles. The van der Waals surface area contributed by atoms with Crippen LogP contribution in [-0.2, 0) is 17.6 Å². The number of hydrogen-bond acceptors (Lipinski definition) is 6. The predicted molar refractivity (Wildman–Crippen MR) is 123 cm³/mol. The third-order valence-electron chi connectivity index (χ3n) is 5.98. The second kappa shape index (κ2) is 8.92. The maximum atomic E-state index is 13.1. The summed E-state index contributed by atoms with van der Waals surface area (Å²) >= 11 is 0. The number of hydrogen-bond donors (Lipinski definition) is 2. The lowest BCUT2D eigenvalue weighted by Crippen LogP contribution is -2.47.